The van der Waals surface area contributed by atoms with Gasteiger partial charge in [-0.05, 0) is 45.8 Å². The van der Waals surface area contributed by atoms with Gasteiger partial charge >= 0.3 is 0 Å². The highest BCUT2D eigenvalue weighted by Gasteiger charge is 2.33. The first-order valence-corrected chi connectivity index (χ1v) is 8.22. The van der Waals surface area contributed by atoms with E-state index in [1.807, 2.05) is 0 Å². The third kappa shape index (κ3) is 3.93. The lowest BCUT2D eigenvalue weighted by molar-refractivity contribution is 0.0416. The highest BCUT2D eigenvalue weighted by molar-refractivity contribution is 4.87. The molecule has 1 saturated carbocycles. The van der Waals surface area contributed by atoms with E-state index >= 15 is 0 Å². The molecular weight excluding hydrogens is 236 g/mol. The number of aliphatic hydroxyl groups excluding tert-OH is 1. The molecular formula is C16H32N2O. The van der Waals surface area contributed by atoms with Gasteiger partial charge in [-0.15, -0.1) is 0 Å². The summed E-state index contributed by atoms with van der Waals surface area (Å²) < 4.78 is 0. The summed E-state index contributed by atoms with van der Waals surface area (Å²) in [6.07, 6.45) is 9.11. The van der Waals surface area contributed by atoms with Crippen molar-refractivity contribution >= 4 is 0 Å². The second-order valence-electron chi connectivity index (χ2n) is 6.84. The molecule has 0 bridgehead atoms. The highest BCUT2D eigenvalue weighted by Crippen LogP contribution is 2.36. The summed E-state index contributed by atoms with van der Waals surface area (Å²) >= 11 is 0. The van der Waals surface area contributed by atoms with Crippen LogP contribution in [0.1, 0.15) is 51.9 Å². The number of hydrogen-bond donors (Lipinski definition) is 1. The molecule has 0 aromatic carbocycles. The Morgan fingerprint density at radius 2 is 1.95 bits per heavy atom. The fourth-order valence-electron chi connectivity index (χ4n) is 4.18. The Kier molecular flexibility index (Phi) is 5.67. The van der Waals surface area contributed by atoms with Crippen molar-refractivity contribution in [2.24, 2.45) is 5.41 Å². The van der Waals surface area contributed by atoms with Crippen molar-refractivity contribution in [2.45, 2.75) is 57.9 Å². The third-order valence-corrected chi connectivity index (χ3v) is 5.28. The lowest BCUT2D eigenvalue weighted by Gasteiger charge is -2.40. The number of likely N-dealkylation sites (tertiary alicyclic amines) is 1. The van der Waals surface area contributed by atoms with Gasteiger partial charge in [0.05, 0.1) is 0 Å². The molecule has 3 heteroatoms. The van der Waals surface area contributed by atoms with Crippen LogP contribution in [0.2, 0.25) is 0 Å². The van der Waals surface area contributed by atoms with Crippen molar-refractivity contribution in [2.75, 3.05) is 39.8 Å². The minimum absolute atomic E-state index is 0.197. The van der Waals surface area contributed by atoms with Crippen LogP contribution in [0.4, 0.5) is 0 Å². The van der Waals surface area contributed by atoms with Crippen molar-refractivity contribution < 1.29 is 5.11 Å². The van der Waals surface area contributed by atoms with Crippen molar-refractivity contribution in [3.05, 3.63) is 0 Å². The Bertz CT molecular complexity index is 263. The van der Waals surface area contributed by atoms with Gasteiger partial charge in [-0.2, -0.15) is 0 Å². The zero-order valence-corrected chi connectivity index (χ0v) is 12.9. The molecule has 1 heterocycles. The van der Waals surface area contributed by atoms with E-state index in [4.69, 9.17) is 0 Å². The first kappa shape index (κ1) is 15.3. The van der Waals surface area contributed by atoms with E-state index in [0.717, 1.165) is 12.6 Å². The van der Waals surface area contributed by atoms with E-state index < -0.39 is 0 Å². The first-order valence-electron chi connectivity index (χ1n) is 8.22. The maximum atomic E-state index is 9.81. The number of nitrogens with zero attached hydrogens (tertiary/aromatic N) is 2. The summed E-state index contributed by atoms with van der Waals surface area (Å²) in [5, 5.41) is 9.81. The SMILES string of the molecule is CCN1CCCC1CN(C)CC1(CO)CCCCC1. The van der Waals surface area contributed by atoms with Crippen LogP contribution >= 0.6 is 0 Å². The van der Waals surface area contributed by atoms with Crippen molar-refractivity contribution in [1.82, 2.24) is 9.80 Å². The molecule has 1 atom stereocenters. The first-order chi connectivity index (χ1) is 9.19. The Morgan fingerprint density at radius 3 is 2.58 bits per heavy atom. The van der Waals surface area contributed by atoms with Gasteiger partial charge in [-0.3, -0.25) is 4.90 Å². The zero-order valence-electron chi connectivity index (χ0n) is 12.9. The molecule has 1 aliphatic carbocycles. The predicted octanol–water partition coefficient (Wildman–Crippen LogP) is 2.35. The van der Waals surface area contributed by atoms with Crippen LogP contribution in [-0.2, 0) is 0 Å². The molecule has 0 amide bonds. The van der Waals surface area contributed by atoms with Gasteiger partial charge in [0.25, 0.3) is 0 Å². The second-order valence-corrected chi connectivity index (χ2v) is 6.84. The van der Waals surface area contributed by atoms with Crippen molar-refractivity contribution in [1.29, 1.82) is 0 Å². The second kappa shape index (κ2) is 7.05. The van der Waals surface area contributed by atoms with Gasteiger partial charge in [-0.1, -0.05) is 26.2 Å². The fraction of sp³-hybridized carbons (Fsp3) is 1.00. The monoisotopic (exact) mass is 268 g/mol. The van der Waals surface area contributed by atoms with Gasteiger partial charge in [0.15, 0.2) is 0 Å². The molecule has 0 aromatic rings. The van der Waals surface area contributed by atoms with E-state index in [0.29, 0.717) is 6.61 Å². The van der Waals surface area contributed by atoms with Crippen LogP contribution in [0.25, 0.3) is 0 Å². The Morgan fingerprint density at radius 1 is 1.21 bits per heavy atom. The van der Waals surface area contributed by atoms with Crippen LogP contribution in [0.5, 0.6) is 0 Å². The Labute approximate surface area is 119 Å². The lowest BCUT2D eigenvalue weighted by atomic mass is 9.74. The summed E-state index contributed by atoms with van der Waals surface area (Å²) in [5.41, 5.74) is 0.197. The summed E-state index contributed by atoms with van der Waals surface area (Å²) in [4.78, 5) is 5.10. The van der Waals surface area contributed by atoms with E-state index in [-0.39, 0.29) is 5.41 Å². The van der Waals surface area contributed by atoms with E-state index in [1.165, 1.54) is 64.6 Å². The fourth-order valence-corrected chi connectivity index (χ4v) is 4.18. The molecule has 2 rings (SSSR count). The Balaban J connectivity index is 1.83. The van der Waals surface area contributed by atoms with Crippen LogP contribution in [0, 0.1) is 5.41 Å². The summed E-state index contributed by atoms with van der Waals surface area (Å²) in [6, 6.07) is 0.745. The van der Waals surface area contributed by atoms with E-state index in [2.05, 4.69) is 23.8 Å². The molecule has 0 radical (unpaired) electrons. The van der Waals surface area contributed by atoms with Crippen LogP contribution < -0.4 is 0 Å². The average Bonchev–Trinajstić information content (AvgIpc) is 2.86. The highest BCUT2D eigenvalue weighted by atomic mass is 16.3. The minimum Gasteiger partial charge on any atom is -0.396 e. The molecule has 0 aromatic heterocycles. The quantitative estimate of drug-likeness (QED) is 0.801. The van der Waals surface area contributed by atoms with Gasteiger partial charge < -0.3 is 10.0 Å². The van der Waals surface area contributed by atoms with Gasteiger partial charge in [-0.25, -0.2) is 0 Å². The normalized spacial score (nSPS) is 28.1. The smallest absolute Gasteiger partial charge is 0.0499 e. The molecule has 19 heavy (non-hydrogen) atoms. The zero-order chi connectivity index (χ0) is 13.7. The maximum absolute atomic E-state index is 9.81. The standard InChI is InChI=1S/C16H32N2O/c1-3-18-11-7-8-15(18)12-17(2)13-16(14-19)9-5-4-6-10-16/h15,19H,3-14H2,1-2H3. The molecule has 2 aliphatic rings. The number of rotatable bonds is 6. The molecule has 112 valence electrons. The lowest BCUT2D eigenvalue weighted by Crippen LogP contribution is -2.45. The largest absolute Gasteiger partial charge is 0.396 e. The molecule has 1 N–H and O–H groups in total. The molecule has 1 unspecified atom stereocenters. The number of hydrogen-bond acceptors (Lipinski definition) is 3. The predicted molar refractivity (Wildman–Crippen MR) is 80.4 cm³/mol. The minimum atomic E-state index is 0.197. The molecule has 0 spiro atoms. The van der Waals surface area contributed by atoms with E-state index in [1.54, 1.807) is 0 Å². The van der Waals surface area contributed by atoms with Crippen LogP contribution in [0.15, 0.2) is 0 Å². The summed E-state index contributed by atoms with van der Waals surface area (Å²) in [5.74, 6) is 0. The maximum Gasteiger partial charge on any atom is 0.0499 e. The summed E-state index contributed by atoms with van der Waals surface area (Å²) in [6.45, 7) is 7.37. The van der Waals surface area contributed by atoms with Crippen molar-refractivity contribution in [3.8, 4) is 0 Å². The number of aliphatic hydroxyl groups is 1. The molecule has 2 fully saturated rings. The number of likely N-dealkylation sites (N-methyl/N-ethyl adjacent to an activating group) is 2. The summed E-state index contributed by atoms with van der Waals surface area (Å²) in [7, 11) is 2.25. The molecule has 1 aliphatic heterocycles. The average molecular weight is 268 g/mol. The van der Waals surface area contributed by atoms with Gasteiger partial charge in [0.2, 0.25) is 0 Å². The molecule has 3 nitrogen and oxygen atoms in total. The Hall–Kier alpha value is -0.120. The van der Waals surface area contributed by atoms with Gasteiger partial charge in [0, 0.05) is 31.2 Å². The third-order valence-electron chi connectivity index (χ3n) is 5.28. The van der Waals surface area contributed by atoms with Crippen molar-refractivity contribution in [3.63, 3.8) is 0 Å². The van der Waals surface area contributed by atoms with E-state index in [9.17, 15) is 5.11 Å². The topological polar surface area (TPSA) is 26.7 Å². The molecule has 1 saturated heterocycles. The van der Waals surface area contributed by atoms with Crippen LogP contribution in [-0.4, -0.2) is 60.8 Å². The van der Waals surface area contributed by atoms with Crippen LogP contribution in [0.3, 0.4) is 0 Å². The van der Waals surface area contributed by atoms with Gasteiger partial charge in [0.1, 0.15) is 0 Å².